The van der Waals surface area contributed by atoms with E-state index in [9.17, 15) is 4.79 Å². The van der Waals surface area contributed by atoms with Crippen LogP contribution in [0.3, 0.4) is 0 Å². The summed E-state index contributed by atoms with van der Waals surface area (Å²) >= 11 is 0. The molecule has 0 fully saturated rings. The lowest BCUT2D eigenvalue weighted by Crippen LogP contribution is -2.31. The normalized spacial score (nSPS) is 11.8. The Balaban J connectivity index is 2.31. The van der Waals surface area contributed by atoms with Crippen LogP contribution in [0.5, 0.6) is 0 Å². The molecule has 0 radical (unpaired) electrons. The first-order chi connectivity index (χ1) is 7.67. The summed E-state index contributed by atoms with van der Waals surface area (Å²) in [4.78, 5) is 15.4. The van der Waals surface area contributed by atoms with E-state index in [1.807, 2.05) is 6.07 Å². The van der Waals surface area contributed by atoms with Crippen LogP contribution < -0.4 is 5.32 Å². The molecule has 0 saturated carbocycles. The van der Waals surface area contributed by atoms with Gasteiger partial charge in [-0.05, 0) is 13.3 Å². The van der Waals surface area contributed by atoms with E-state index in [2.05, 4.69) is 15.5 Å². The van der Waals surface area contributed by atoms with Crippen molar-refractivity contribution in [2.45, 2.75) is 26.7 Å². The highest BCUT2D eigenvalue weighted by Crippen LogP contribution is 2.00. The fourth-order valence-electron chi connectivity index (χ4n) is 1.19. The number of rotatable bonds is 5. The SMILES string of the molecule is CCC(C#N)C(=O)NCCc1nc(C)no1. The van der Waals surface area contributed by atoms with E-state index in [-0.39, 0.29) is 5.91 Å². The maximum Gasteiger partial charge on any atom is 0.237 e. The maximum atomic E-state index is 11.4. The molecule has 0 bridgehead atoms. The van der Waals surface area contributed by atoms with Crippen molar-refractivity contribution in [3.05, 3.63) is 11.7 Å². The van der Waals surface area contributed by atoms with Crippen molar-refractivity contribution in [3.8, 4) is 6.07 Å². The van der Waals surface area contributed by atoms with E-state index in [1.165, 1.54) is 0 Å². The van der Waals surface area contributed by atoms with E-state index in [0.29, 0.717) is 31.1 Å². The molecule has 0 aliphatic heterocycles. The average Bonchev–Trinajstić information content (AvgIpc) is 2.66. The minimum atomic E-state index is -0.579. The molecule has 1 amide bonds. The van der Waals surface area contributed by atoms with Gasteiger partial charge < -0.3 is 9.84 Å². The molecule has 0 aromatic carbocycles. The molecule has 6 nitrogen and oxygen atoms in total. The number of aromatic nitrogens is 2. The number of aryl methyl sites for hydroxylation is 1. The van der Waals surface area contributed by atoms with Gasteiger partial charge in [0.15, 0.2) is 5.82 Å². The third-order valence-corrected chi connectivity index (χ3v) is 2.09. The Morgan fingerprint density at radius 1 is 1.69 bits per heavy atom. The van der Waals surface area contributed by atoms with E-state index >= 15 is 0 Å². The summed E-state index contributed by atoms with van der Waals surface area (Å²) in [5.41, 5.74) is 0. The average molecular weight is 222 g/mol. The topological polar surface area (TPSA) is 91.8 Å². The van der Waals surface area contributed by atoms with Crippen LogP contribution >= 0.6 is 0 Å². The molecule has 1 heterocycles. The van der Waals surface area contributed by atoms with Crippen LogP contribution in [0.15, 0.2) is 4.52 Å². The van der Waals surface area contributed by atoms with Crippen molar-refractivity contribution in [2.24, 2.45) is 5.92 Å². The molecule has 1 aromatic rings. The first-order valence-corrected chi connectivity index (χ1v) is 5.14. The summed E-state index contributed by atoms with van der Waals surface area (Å²) in [6.07, 6.45) is 0.996. The van der Waals surface area contributed by atoms with Crippen molar-refractivity contribution in [1.29, 1.82) is 5.26 Å². The fourth-order valence-corrected chi connectivity index (χ4v) is 1.19. The zero-order valence-corrected chi connectivity index (χ0v) is 9.36. The molecule has 16 heavy (non-hydrogen) atoms. The van der Waals surface area contributed by atoms with Crippen molar-refractivity contribution in [2.75, 3.05) is 6.54 Å². The van der Waals surface area contributed by atoms with Crippen molar-refractivity contribution in [1.82, 2.24) is 15.5 Å². The zero-order chi connectivity index (χ0) is 12.0. The Labute approximate surface area is 93.6 Å². The minimum Gasteiger partial charge on any atom is -0.354 e. The summed E-state index contributed by atoms with van der Waals surface area (Å²) in [5.74, 6) is 0.234. The van der Waals surface area contributed by atoms with Gasteiger partial charge in [-0.15, -0.1) is 0 Å². The van der Waals surface area contributed by atoms with Crippen LogP contribution in [0.4, 0.5) is 0 Å². The highest BCUT2D eigenvalue weighted by molar-refractivity contribution is 5.80. The molecule has 0 saturated heterocycles. The number of nitrogens with one attached hydrogen (secondary N) is 1. The smallest absolute Gasteiger partial charge is 0.237 e. The molecule has 1 atom stereocenters. The van der Waals surface area contributed by atoms with Gasteiger partial charge in [-0.2, -0.15) is 10.2 Å². The number of carbonyl (C=O) groups is 1. The second-order valence-electron chi connectivity index (χ2n) is 3.37. The third kappa shape index (κ3) is 3.35. The van der Waals surface area contributed by atoms with Crippen molar-refractivity contribution < 1.29 is 9.32 Å². The van der Waals surface area contributed by atoms with Gasteiger partial charge in [-0.3, -0.25) is 4.79 Å². The highest BCUT2D eigenvalue weighted by atomic mass is 16.5. The number of amides is 1. The number of hydrogen-bond donors (Lipinski definition) is 1. The Morgan fingerprint density at radius 3 is 2.94 bits per heavy atom. The molecule has 1 unspecified atom stereocenters. The van der Waals surface area contributed by atoms with E-state index in [0.717, 1.165) is 0 Å². The Hall–Kier alpha value is -1.90. The number of nitrogens with zero attached hydrogens (tertiary/aromatic N) is 3. The number of nitriles is 1. The monoisotopic (exact) mass is 222 g/mol. The van der Waals surface area contributed by atoms with Gasteiger partial charge in [-0.1, -0.05) is 12.1 Å². The van der Waals surface area contributed by atoms with E-state index in [4.69, 9.17) is 9.78 Å². The maximum absolute atomic E-state index is 11.4. The molecule has 0 spiro atoms. The fraction of sp³-hybridized carbons (Fsp3) is 0.600. The number of hydrogen-bond acceptors (Lipinski definition) is 5. The van der Waals surface area contributed by atoms with E-state index < -0.39 is 5.92 Å². The first-order valence-electron chi connectivity index (χ1n) is 5.14. The summed E-state index contributed by atoms with van der Waals surface area (Å²) in [5, 5.41) is 14.9. The molecular formula is C10H14N4O2. The summed E-state index contributed by atoms with van der Waals surface area (Å²) in [6, 6.07) is 1.94. The van der Waals surface area contributed by atoms with Crippen LogP contribution in [0.25, 0.3) is 0 Å². The second-order valence-corrected chi connectivity index (χ2v) is 3.37. The molecule has 0 aliphatic carbocycles. The van der Waals surface area contributed by atoms with Gasteiger partial charge in [0.05, 0.1) is 6.07 Å². The van der Waals surface area contributed by atoms with Gasteiger partial charge in [0.25, 0.3) is 0 Å². The summed E-state index contributed by atoms with van der Waals surface area (Å²) in [7, 11) is 0. The molecule has 1 aromatic heterocycles. The standard InChI is InChI=1S/C10H14N4O2/c1-3-8(6-11)10(15)12-5-4-9-13-7(2)14-16-9/h8H,3-5H2,1-2H3,(H,12,15). The molecule has 1 N–H and O–H groups in total. The second kappa shape index (κ2) is 5.85. The zero-order valence-electron chi connectivity index (χ0n) is 9.36. The number of carbonyl (C=O) groups excluding carboxylic acids is 1. The molecule has 0 aliphatic rings. The van der Waals surface area contributed by atoms with Crippen LogP contribution in [-0.4, -0.2) is 22.6 Å². The first kappa shape index (κ1) is 12.2. The Bertz CT molecular complexity index is 394. The third-order valence-electron chi connectivity index (χ3n) is 2.09. The summed E-state index contributed by atoms with van der Waals surface area (Å²) in [6.45, 7) is 3.93. The predicted molar refractivity (Wildman–Crippen MR) is 55.1 cm³/mol. The molecule has 86 valence electrons. The highest BCUT2D eigenvalue weighted by Gasteiger charge is 2.14. The lowest BCUT2D eigenvalue weighted by molar-refractivity contribution is -0.123. The van der Waals surface area contributed by atoms with E-state index in [1.54, 1.807) is 13.8 Å². The van der Waals surface area contributed by atoms with Crippen molar-refractivity contribution >= 4 is 5.91 Å². The lowest BCUT2D eigenvalue weighted by atomic mass is 10.1. The molecule has 1 rings (SSSR count). The Kier molecular flexibility index (Phi) is 4.45. The lowest BCUT2D eigenvalue weighted by Gasteiger charge is -2.06. The quantitative estimate of drug-likeness (QED) is 0.787. The van der Waals surface area contributed by atoms with Crippen LogP contribution in [0.2, 0.25) is 0 Å². The predicted octanol–water partition coefficient (Wildman–Crippen LogP) is 0.586. The van der Waals surface area contributed by atoms with Gasteiger partial charge in [0, 0.05) is 13.0 Å². The molecular weight excluding hydrogens is 208 g/mol. The van der Waals surface area contributed by atoms with Gasteiger partial charge in [0.1, 0.15) is 5.92 Å². The largest absolute Gasteiger partial charge is 0.354 e. The minimum absolute atomic E-state index is 0.249. The van der Waals surface area contributed by atoms with Crippen LogP contribution in [-0.2, 0) is 11.2 Å². The van der Waals surface area contributed by atoms with Crippen LogP contribution in [0, 0.1) is 24.2 Å². The van der Waals surface area contributed by atoms with Gasteiger partial charge in [0.2, 0.25) is 11.8 Å². The van der Waals surface area contributed by atoms with Gasteiger partial charge >= 0.3 is 0 Å². The summed E-state index contributed by atoms with van der Waals surface area (Å²) < 4.78 is 4.88. The Morgan fingerprint density at radius 2 is 2.44 bits per heavy atom. The van der Waals surface area contributed by atoms with Crippen molar-refractivity contribution in [3.63, 3.8) is 0 Å². The molecule has 6 heteroatoms. The van der Waals surface area contributed by atoms with Crippen LogP contribution in [0.1, 0.15) is 25.1 Å². The van der Waals surface area contributed by atoms with Gasteiger partial charge in [-0.25, -0.2) is 0 Å².